The van der Waals surface area contributed by atoms with Crippen molar-refractivity contribution < 1.29 is 37.0 Å². The van der Waals surface area contributed by atoms with Gasteiger partial charge in [0.2, 0.25) is 21.9 Å². The first-order valence-electron chi connectivity index (χ1n) is 17.6. The zero-order valence-electron chi connectivity index (χ0n) is 31.4. The van der Waals surface area contributed by atoms with Gasteiger partial charge in [-0.2, -0.15) is 4.31 Å². The number of nitrogens with zero attached hydrogens (tertiary/aromatic N) is 5. The molecule has 5 rings (SSSR count). The fraction of sp³-hybridized carbons (Fsp3) is 0.486. The van der Waals surface area contributed by atoms with Crippen LogP contribution >= 0.6 is 23.2 Å². The van der Waals surface area contributed by atoms with Gasteiger partial charge in [0.15, 0.2) is 0 Å². The molecule has 2 saturated heterocycles. The van der Waals surface area contributed by atoms with Crippen LogP contribution in [0.25, 0.3) is 10.9 Å². The number of nitrogens with one attached hydrogen (secondary N) is 1. The Labute approximate surface area is 325 Å². The van der Waals surface area contributed by atoms with E-state index < -0.39 is 39.5 Å². The summed E-state index contributed by atoms with van der Waals surface area (Å²) in [6, 6.07) is 11.2. The molecular formula is C37H46Cl2N6O8S. The van der Waals surface area contributed by atoms with Gasteiger partial charge in [-0.25, -0.2) is 23.0 Å². The van der Waals surface area contributed by atoms with Gasteiger partial charge in [0.1, 0.15) is 40.0 Å². The van der Waals surface area contributed by atoms with Crippen LogP contribution in [-0.2, 0) is 30.9 Å². The Bertz CT molecular complexity index is 2060. The Morgan fingerprint density at radius 3 is 2.24 bits per heavy atom. The molecule has 1 atom stereocenters. The van der Waals surface area contributed by atoms with Crippen LogP contribution in [0.2, 0.25) is 10.0 Å². The van der Waals surface area contributed by atoms with Crippen LogP contribution in [-0.4, -0.2) is 102 Å². The maximum absolute atomic E-state index is 14.2. The number of carbonyl (C=O) groups excluding carboxylic acids is 3. The number of para-hydroxylation sites is 1. The minimum Gasteiger partial charge on any atom is -0.487 e. The minimum atomic E-state index is -4.26. The zero-order valence-corrected chi connectivity index (χ0v) is 33.8. The summed E-state index contributed by atoms with van der Waals surface area (Å²) in [5.74, 6) is 0.0410. The molecule has 3 heterocycles. The number of alkyl carbamates (subject to hydrolysis) is 1. The van der Waals surface area contributed by atoms with Gasteiger partial charge >= 0.3 is 12.2 Å². The van der Waals surface area contributed by atoms with Crippen LogP contribution in [0.3, 0.4) is 0 Å². The summed E-state index contributed by atoms with van der Waals surface area (Å²) >= 11 is 13.3. The van der Waals surface area contributed by atoms with Crippen molar-refractivity contribution in [3.05, 3.63) is 63.8 Å². The molecule has 14 nitrogen and oxygen atoms in total. The van der Waals surface area contributed by atoms with Crippen molar-refractivity contribution in [1.29, 1.82) is 0 Å². The monoisotopic (exact) mass is 804 g/mol. The molecule has 17 heteroatoms. The summed E-state index contributed by atoms with van der Waals surface area (Å²) in [5.41, 5.74) is 0.117. The summed E-state index contributed by atoms with van der Waals surface area (Å²) in [7, 11) is -4.26. The molecule has 1 aromatic heterocycles. The lowest BCUT2D eigenvalue weighted by molar-refractivity contribution is -0.135. The molecule has 292 valence electrons. The number of benzene rings is 2. The molecule has 3 aromatic rings. The first-order valence-corrected chi connectivity index (χ1v) is 19.8. The predicted molar refractivity (Wildman–Crippen MR) is 205 cm³/mol. The molecular weight excluding hydrogens is 759 g/mol. The number of fused-ring (bicyclic) bond motifs is 1. The molecule has 2 aliphatic heterocycles. The molecule has 3 amide bonds. The number of amides is 3. The SMILES string of the molecule is Cc1ccc2cccc(OCc3c(Cl)ccc(S(=O)(=O)N4CCC[C@H]4C(=O)N4CCN(C(=NC(=O)OC(C)(C)C)NC(=O)OC(C)(C)C)CC4)c3Cl)c2n1. The number of guanidine groups is 1. The fourth-order valence-electron chi connectivity index (χ4n) is 6.09. The number of aromatic nitrogens is 1. The van der Waals surface area contributed by atoms with E-state index in [1.165, 1.54) is 16.4 Å². The standard InChI is InChI=1S/C37H46Cl2N6O8S/c1-23-13-14-24-10-8-12-28(31(24)40-23)51-22-25-26(38)15-16-29(30(25)39)54(49,50)45-17-9-11-27(45)32(46)43-18-20-44(21-19-43)33(41-34(47)52-36(2,3)4)42-35(48)53-37(5,6)7/h8,10,12-16,27H,9,11,17-22H2,1-7H3,(H,41,42,47,48)/t27-/m0/s1. The predicted octanol–water partition coefficient (Wildman–Crippen LogP) is 6.54. The average molecular weight is 806 g/mol. The lowest BCUT2D eigenvalue weighted by Crippen LogP contribution is -2.57. The first kappa shape index (κ1) is 41.0. The van der Waals surface area contributed by atoms with Gasteiger partial charge < -0.3 is 24.0 Å². The smallest absolute Gasteiger partial charge is 0.437 e. The molecule has 2 aliphatic rings. The second-order valence-corrected chi connectivity index (χ2v) is 17.7. The number of halogens is 2. The number of aryl methyl sites for hydroxylation is 1. The number of hydrogen-bond acceptors (Lipinski definition) is 9. The number of rotatable bonds is 6. The number of aliphatic imine (C=N–C) groups is 1. The molecule has 0 spiro atoms. The van der Waals surface area contributed by atoms with E-state index in [-0.39, 0.29) is 71.7 Å². The highest BCUT2D eigenvalue weighted by Crippen LogP contribution is 2.37. The Morgan fingerprint density at radius 2 is 1.57 bits per heavy atom. The van der Waals surface area contributed by atoms with Crippen LogP contribution < -0.4 is 10.1 Å². The second-order valence-electron chi connectivity index (χ2n) is 15.0. The number of sulfonamides is 1. The summed E-state index contributed by atoms with van der Waals surface area (Å²) in [6.45, 7) is 12.8. The Morgan fingerprint density at radius 1 is 0.907 bits per heavy atom. The summed E-state index contributed by atoms with van der Waals surface area (Å²) in [6.07, 6.45) is -0.934. The first-order chi connectivity index (χ1) is 25.2. The van der Waals surface area contributed by atoms with Crippen molar-refractivity contribution in [3.63, 3.8) is 0 Å². The quantitative estimate of drug-likeness (QED) is 0.214. The van der Waals surface area contributed by atoms with E-state index in [2.05, 4.69) is 15.3 Å². The summed E-state index contributed by atoms with van der Waals surface area (Å²) in [5, 5.41) is 3.55. The van der Waals surface area contributed by atoms with Crippen LogP contribution in [0.1, 0.15) is 65.6 Å². The van der Waals surface area contributed by atoms with E-state index in [0.717, 1.165) is 11.1 Å². The minimum absolute atomic E-state index is 0.0836. The van der Waals surface area contributed by atoms with Crippen LogP contribution in [0, 0.1) is 6.92 Å². The summed E-state index contributed by atoms with van der Waals surface area (Å²) < 4.78 is 46.4. The molecule has 2 aromatic carbocycles. The third kappa shape index (κ3) is 9.92. The Balaban J connectivity index is 1.30. The molecule has 54 heavy (non-hydrogen) atoms. The Hall–Kier alpha value is -4.18. The summed E-state index contributed by atoms with van der Waals surface area (Å²) in [4.78, 5) is 50.8. The van der Waals surface area contributed by atoms with E-state index >= 15 is 0 Å². The molecule has 0 aliphatic carbocycles. The van der Waals surface area contributed by atoms with Crippen LogP contribution in [0.4, 0.5) is 9.59 Å². The number of hydrogen-bond donors (Lipinski definition) is 1. The van der Waals surface area contributed by atoms with E-state index in [1.54, 1.807) is 57.4 Å². The molecule has 1 N–H and O–H groups in total. The lowest BCUT2D eigenvalue weighted by atomic mass is 10.2. The van der Waals surface area contributed by atoms with Crippen molar-refractivity contribution in [2.75, 3.05) is 32.7 Å². The van der Waals surface area contributed by atoms with Gasteiger partial charge in [0.25, 0.3) is 0 Å². The van der Waals surface area contributed by atoms with Crippen molar-refractivity contribution in [2.45, 2.75) is 90.1 Å². The lowest BCUT2D eigenvalue weighted by Gasteiger charge is -2.38. The average Bonchev–Trinajstić information content (AvgIpc) is 3.57. The van der Waals surface area contributed by atoms with Crippen molar-refractivity contribution in [3.8, 4) is 5.75 Å². The highest BCUT2D eigenvalue weighted by atomic mass is 35.5. The number of pyridine rings is 1. The van der Waals surface area contributed by atoms with Crippen molar-refractivity contribution >= 4 is 68.2 Å². The second kappa shape index (κ2) is 16.3. The van der Waals surface area contributed by atoms with Crippen molar-refractivity contribution in [2.24, 2.45) is 4.99 Å². The maximum Gasteiger partial charge on any atom is 0.437 e. The molecule has 0 unspecified atom stereocenters. The third-order valence-corrected chi connectivity index (χ3v) is 11.4. The van der Waals surface area contributed by atoms with Crippen molar-refractivity contribution in [1.82, 2.24) is 24.4 Å². The number of ether oxygens (including phenoxy) is 3. The molecule has 2 fully saturated rings. The Kier molecular flexibility index (Phi) is 12.4. The van der Waals surface area contributed by atoms with Gasteiger partial charge in [0, 0.05) is 54.4 Å². The molecule has 0 saturated carbocycles. The molecule has 0 bridgehead atoms. The number of carbonyl (C=O) groups is 3. The van der Waals surface area contributed by atoms with E-state index in [1.807, 2.05) is 31.2 Å². The highest BCUT2D eigenvalue weighted by Gasteiger charge is 2.43. The topological polar surface area (TPSA) is 160 Å². The normalized spacial score (nSPS) is 17.4. The van der Waals surface area contributed by atoms with E-state index in [4.69, 9.17) is 37.4 Å². The maximum atomic E-state index is 14.2. The third-order valence-electron chi connectivity index (χ3n) is 8.51. The van der Waals surface area contributed by atoms with E-state index in [9.17, 15) is 22.8 Å². The van der Waals surface area contributed by atoms with Gasteiger partial charge in [-0.15, -0.1) is 4.99 Å². The van der Waals surface area contributed by atoms with Crippen LogP contribution in [0.15, 0.2) is 52.4 Å². The van der Waals surface area contributed by atoms with Gasteiger partial charge in [0.05, 0.1) is 5.02 Å². The highest BCUT2D eigenvalue weighted by molar-refractivity contribution is 7.89. The van der Waals surface area contributed by atoms with Gasteiger partial charge in [-0.05, 0) is 85.6 Å². The van der Waals surface area contributed by atoms with Gasteiger partial charge in [-0.3, -0.25) is 10.1 Å². The van der Waals surface area contributed by atoms with Crippen LogP contribution in [0.5, 0.6) is 5.75 Å². The fourth-order valence-corrected chi connectivity index (χ4v) is 8.60. The van der Waals surface area contributed by atoms with Gasteiger partial charge in [-0.1, -0.05) is 41.4 Å². The number of piperazine rings is 1. The molecule has 0 radical (unpaired) electrons. The zero-order chi connectivity index (χ0) is 39.6. The largest absolute Gasteiger partial charge is 0.487 e. The van der Waals surface area contributed by atoms with E-state index in [0.29, 0.717) is 24.1 Å².